The molecule has 0 radical (unpaired) electrons. The second-order valence-electron chi connectivity index (χ2n) is 4.96. The summed E-state index contributed by atoms with van der Waals surface area (Å²) in [6.45, 7) is 5.93. The third-order valence-electron chi connectivity index (χ3n) is 2.75. The standard InChI is InChI=1S/C16H20O3/c1-11(2)9-15(17)10-12(3)13-5-7-14(8-6-13)16(18)19-4/h5-8,10-11H,9H2,1-4H3/b12-10-. The van der Waals surface area contributed by atoms with Crippen LogP contribution in [0.2, 0.25) is 0 Å². The molecule has 102 valence electrons. The summed E-state index contributed by atoms with van der Waals surface area (Å²) in [5, 5.41) is 0. The van der Waals surface area contributed by atoms with E-state index in [0.29, 0.717) is 17.9 Å². The van der Waals surface area contributed by atoms with E-state index in [9.17, 15) is 9.59 Å². The van der Waals surface area contributed by atoms with Gasteiger partial charge in [-0.3, -0.25) is 4.79 Å². The summed E-state index contributed by atoms with van der Waals surface area (Å²) in [4.78, 5) is 23.0. The number of rotatable bonds is 5. The number of esters is 1. The fourth-order valence-corrected chi connectivity index (χ4v) is 1.77. The van der Waals surface area contributed by atoms with Crippen molar-refractivity contribution in [3.05, 3.63) is 41.5 Å². The maximum Gasteiger partial charge on any atom is 0.337 e. The molecule has 1 rings (SSSR count). The average molecular weight is 260 g/mol. The SMILES string of the molecule is COC(=O)c1ccc(/C(C)=C\C(=O)CC(C)C)cc1. The lowest BCUT2D eigenvalue weighted by Gasteiger charge is -2.04. The molecule has 0 aliphatic carbocycles. The van der Waals surface area contributed by atoms with E-state index in [4.69, 9.17) is 0 Å². The predicted octanol–water partition coefficient (Wildman–Crippen LogP) is 3.49. The van der Waals surface area contributed by atoms with E-state index in [1.54, 1.807) is 18.2 Å². The molecule has 0 aliphatic rings. The molecule has 3 nitrogen and oxygen atoms in total. The van der Waals surface area contributed by atoms with Gasteiger partial charge in [-0.2, -0.15) is 0 Å². The Morgan fingerprint density at radius 1 is 1.16 bits per heavy atom. The molecule has 0 aliphatic heterocycles. The molecule has 1 aromatic rings. The van der Waals surface area contributed by atoms with Crippen LogP contribution in [-0.4, -0.2) is 18.9 Å². The normalized spacial score (nSPS) is 11.5. The van der Waals surface area contributed by atoms with Crippen LogP contribution >= 0.6 is 0 Å². The second kappa shape index (κ2) is 6.88. The molecule has 1 aromatic carbocycles. The van der Waals surface area contributed by atoms with E-state index in [-0.39, 0.29) is 11.8 Å². The Balaban J connectivity index is 2.83. The molecule has 0 spiro atoms. The lowest BCUT2D eigenvalue weighted by molar-refractivity contribution is -0.115. The summed E-state index contributed by atoms with van der Waals surface area (Å²) in [5.74, 6) is 0.131. The monoisotopic (exact) mass is 260 g/mol. The van der Waals surface area contributed by atoms with Gasteiger partial charge in [0.2, 0.25) is 0 Å². The topological polar surface area (TPSA) is 43.4 Å². The van der Waals surface area contributed by atoms with Crippen LogP contribution in [0.15, 0.2) is 30.3 Å². The fraction of sp³-hybridized carbons (Fsp3) is 0.375. The fourth-order valence-electron chi connectivity index (χ4n) is 1.77. The molecule has 0 aromatic heterocycles. The molecule has 0 amide bonds. The quantitative estimate of drug-likeness (QED) is 0.601. The van der Waals surface area contributed by atoms with Crippen molar-refractivity contribution in [3.8, 4) is 0 Å². The Morgan fingerprint density at radius 2 is 1.68 bits per heavy atom. The summed E-state index contributed by atoms with van der Waals surface area (Å²) >= 11 is 0. The van der Waals surface area contributed by atoms with Crippen LogP contribution in [0.4, 0.5) is 0 Å². The lowest BCUT2D eigenvalue weighted by atomic mass is 10.0. The molecule has 0 heterocycles. The third-order valence-corrected chi connectivity index (χ3v) is 2.75. The highest BCUT2D eigenvalue weighted by atomic mass is 16.5. The van der Waals surface area contributed by atoms with Gasteiger partial charge in [0.1, 0.15) is 0 Å². The zero-order valence-electron chi connectivity index (χ0n) is 11.9. The van der Waals surface area contributed by atoms with Gasteiger partial charge in [0, 0.05) is 6.42 Å². The van der Waals surface area contributed by atoms with Crippen LogP contribution in [-0.2, 0) is 9.53 Å². The van der Waals surface area contributed by atoms with Crippen LogP contribution in [0.5, 0.6) is 0 Å². The predicted molar refractivity (Wildman–Crippen MR) is 75.9 cm³/mol. The van der Waals surface area contributed by atoms with Gasteiger partial charge in [-0.05, 0) is 42.2 Å². The number of ether oxygens (including phenoxy) is 1. The van der Waals surface area contributed by atoms with Crippen molar-refractivity contribution in [2.75, 3.05) is 7.11 Å². The molecule has 0 unspecified atom stereocenters. The lowest BCUT2D eigenvalue weighted by Crippen LogP contribution is -2.01. The first-order valence-electron chi connectivity index (χ1n) is 6.34. The first-order chi connectivity index (χ1) is 8.93. The molecule has 0 bridgehead atoms. The molecule has 0 N–H and O–H groups in total. The average Bonchev–Trinajstić information content (AvgIpc) is 2.36. The van der Waals surface area contributed by atoms with Gasteiger partial charge < -0.3 is 4.74 Å². The first-order valence-corrected chi connectivity index (χ1v) is 6.34. The molecule has 19 heavy (non-hydrogen) atoms. The minimum absolute atomic E-state index is 0.129. The zero-order valence-corrected chi connectivity index (χ0v) is 11.9. The Kier molecular flexibility index (Phi) is 5.49. The Morgan fingerprint density at radius 3 is 2.16 bits per heavy atom. The highest BCUT2D eigenvalue weighted by molar-refractivity contribution is 5.96. The molecular weight excluding hydrogens is 240 g/mol. The van der Waals surface area contributed by atoms with Crippen molar-refractivity contribution in [1.82, 2.24) is 0 Å². The van der Waals surface area contributed by atoms with Crippen molar-refractivity contribution in [2.24, 2.45) is 5.92 Å². The number of hydrogen-bond donors (Lipinski definition) is 0. The number of carbonyl (C=O) groups excluding carboxylic acids is 2. The number of carbonyl (C=O) groups is 2. The van der Waals surface area contributed by atoms with E-state index in [1.165, 1.54) is 7.11 Å². The van der Waals surface area contributed by atoms with Crippen LogP contribution in [0, 0.1) is 5.92 Å². The summed E-state index contributed by atoms with van der Waals surface area (Å²) in [7, 11) is 1.35. The van der Waals surface area contributed by atoms with Gasteiger partial charge >= 0.3 is 5.97 Å². The number of methoxy groups -OCH3 is 1. The Bertz CT molecular complexity index is 481. The van der Waals surface area contributed by atoms with Gasteiger partial charge in [-0.25, -0.2) is 4.79 Å². The van der Waals surface area contributed by atoms with Gasteiger partial charge in [-0.15, -0.1) is 0 Å². The van der Waals surface area contributed by atoms with Crippen LogP contribution in [0.1, 0.15) is 43.1 Å². The van der Waals surface area contributed by atoms with Gasteiger partial charge in [-0.1, -0.05) is 26.0 Å². The molecule has 0 saturated heterocycles. The molecular formula is C16H20O3. The number of hydrogen-bond acceptors (Lipinski definition) is 3. The Labute approximate surface area is 114 Å². The first kappa shape index (κ1) is 15.2. The summed E-state index contributed by atoms with van der Waals surface area (Å²) in [5.41, 5.74) is 2.35. The molecule has 0 fully saturated rings. The molecule has 0 atom stereocenters. The van der Waals surface area contributed by atoms with Crippen molar-refractivity contribution in [2.45, 2.75) is 27.2 Å². The summed E-state index contributed by atoms with van der Waals surface area (Å²) in [6, 6.07) is 7.04. The minimum Gasteiger partial charge on any atom is -0.465 e. The van der Waals surface area contributed by atoms with Gasteiger partial charge in [0.15, 0.2) is 5.78 Å². The number of benzene rings is 1. The van der Waals surface area contributed by atoms with Crippen molar-refractivity contribution < 1.29 is 14.3 Å². The zero-order chi connectivity index (χ0) is 14.4. The van der Waals surface area contributed by atoms with Gasteiger partial charge in [0.05, 0.1) is 12.7 Å². The van der Waals surface area contributed by atoms with Gasteiger partial charge in [0.25, 0.3) is 0 Å². The van der Waals surface area contributed by atoms with E-state index < -0.39 is 0 Å². The maximum atomic E-state index is 11.7. The second-order valence-corrected chi connectivity index (χ2v) is 4.96. The summed E-state index contributed by atoms with van der Waals surface area (Å²) < 4.78 is 4.64. The van der Waals surface area contributed by atoms with E-state index >= 15 is 0 Å². The van der Waals surface area contributed by atoms with Crippen LogP contribution in [0.3, 0.4) is 0 Å². The van der Waals surface area contributed by atoms with Crippen molar-refractivity contribution >= 4 is 17.3 Å². The minimum atomic E-state index is -0.357. The maximum absolute atomic E-state index is 11.7. The largest absolute Gasteiger partial charge is 0.465 e. The highest BCUT2D eigenvalue weighted by Gasteiger charge is 2.06. The molecule has 3 heteroatoms. The van der Waals surface area contributed by atoms with E-state index in [2.05, 4.69) is 4.74 Å². The Hall–Kier alpha value is -1.90. The van der Waals surface area contributed by atoms with Crippen LogP contribution < -0.4 is 0 Å². The smallest absolute Gasteiger partial charge is 0.337 e. The van der Waals surface area contributed by atoms with Crippen LogP contribution in [0.25, 0.3) is 5.57 Å². The third kappa shape index (κ3) is 4.70. The number of ketones is 1. The van der Waals surface area contributed by atoms with Crippen molar-refractivity contribution in [3.63, 3.8) is 0 Å². The number of allylic oxidation sites excluding steroid dienone is 2. The van der Waals surface area contributed by atoms with E-state index in [0.717, 1.165) is 11.1 Å². The highest BCUT2D eigenvalue weighted by Crippen LogP contribution is 2.16. The van der Waals surface area contributed by atoms with E-state index in [1.807, 2.05) is 32.9 Å². The molecule has 0 saturated carbocycles. The summed E-state index contributed by atoms with van der Waals surface area (Å²) in [6.07, 6.45) is 2.21. The van der Waals surface area contributed by atoms with Crippen molar-refractivity contribution in [1.29, 1.82) is 0 Å².